The predicted octanol–water partition coefficient (Wildman–Crippen LogP) is 3.38. The Kier molecular flexibility index (Phi) is 2.44. The van der Waals surface area contributed by atoms with E-state index in [4.69, 9.17) is 46.4 Å². The highest BCUT2D eigenvalue weighted by atomic mass is 35.5. The summed E-state index contributed by atoms with van der Waals surface area (Å²) in [7, 11) is 0. The molecule has 1 heterocycles. The van der Waals surface area contributed by atoms with Gasteiger partial charge in [0.05, 0.1) is 6.33 Å². The van der Waals surface area contributed by atoms with Gasteiger partial charge in [0, 0.05) is 12.5 Å². The molecule has 1 unspecified atom stereocenters. The molecule has 1 aliphatic carbocycles. The Labute approximate surface area is 95.7 Å². The van der Waals surface area contributed by atoms with Crippen LogP contribution in [0.4, 0.5) is 0 Å². The fraction of sp³-hybridized carbons (Fsp3) is 0.571. The van der Waals surface area contributed by atoms with Crippen molar-refractivity contribution in [3.05, 3.63) is 16.6 Å². The van der Waals surface area contributed by atoms with Gasteiger partial charge in [0.15, 0.2) is 5.15 Å². The average molecular weight is 260 g/mol. The second-order valence-electron chi connectivity index (χ2n) is 3.14. The molecule has 1 saturated carbocycles. The van der Waals surface area contributed by atoms with Gasteiger partial charge in [-0.05, 0) is 6.42 Å². The maximum absolute atomic E-state index is 5.87. The number of imidazole rings is 1. The third-order valence-electron chi connectivity index (χ3n) is 2.11. The van der Waals surface area contributed by atoms with Gasteiger partial charge in [-0.25, -0.2) is 4.98 Å². The average Bonchev–Trinajstić information content (AvgIpc) is 2.53. The molecule has 6 heteroatoms. The molecule has 0 saturated heterocycles. The van der Waals surface area contributed by atoms with Gasteiger partial charge in [-0.1, -0.05) is 23.2 Å². The lowest BCUT2D eigenvalue weighted by atomic mass is 10.4. The zero-order valence-electron chi connectivity index (χ0n) is 6.48. The van der Waals surface area contributed by atoms with E-state index < -0.39 is 4.33 Å². The molecule has 0 aromatic carbocycles. The standard InChI is InChI=1S/C7H6Cl4N2/c8-5-6(9)13(3-12-5)2-4-1-7(4,10)11/h3-4H,1-2H2. The van der Waals surface area contributed by atoms with Crippen molar-refractivity contribution in [2.24, 2.45) is 5.92 Å². The summed E-state index contributed by atoms with van der Waals surface area (Å²) >= 11 is 23.3. The van der Waals surface area contributed by atoms with E-state index in [0.29, 0.717) is 16.9 Å². The summed E-state index contributed by atoms with van der Waals surface area (Å²) in [4.78, 5) is 3.86. The second-order valence-corrected chi connectivity index (χ2v) is 5.40. The number of halogens is 4. The molecule has 0 radical (unpaired) electrons. The molecular weight excluding hydrogens is 254 g/mol. The van der Waals surface area contributed by atoms with Gasteiger partial charge in [-0.2, -0.15) is 0 Å². The van der Waals surface area contributed by atoms with Crippen molar-refractivity contribution in [2.45, 2.75) is 17.3 Å². The van der Waals surface area contributed by atoms with Crippen LogP contribution in [0.2, 0.25) is 10.3 Å². The molecule has 0 bridgehead atoms. The molecule has 1 atom stereocenters. The third-order valence-corrected chi connectivity index (χ3v) is 3.80. The number of hydrogen-bond acceptors (Lipinski definition) is 1. The first-order valence-electron chi connectivity index (χ1n) is 3.74. The quantitative estimate of drug-likeness (QED) is 0.745. The topological polar surface area (TPSA) is 17.8 Å². The zero-order valence-corrected chi connectivity index (χ0v) is 9.50. The molecule has 0 aliphatic heterocycles. The normalized spacial score (nSPS) is 24.8. The van der Waals surface area contributed by atoms with Crippen molar-refractivity contribution in [3.63, 3.8) is 0 Å². The fourth-order valence-electron chi connectivity index (χ4n) is 1.18. The van der Waals surface area contributed by atoms with Crippen molar-refractivity contribution >= 4 is 46.4 Å². The molecule has 1 aromatic heterocycles. The molecule has 13 heavy (non-hydrogen) atoms. The zero-order chi connectivity index (χ0) is 9.64. The Hall–Kier alpha value is 0.370. The van der Waals surface area contributed by atoms with E-state index in [9.17, 15) is 0 Å². The van der Waals surface area contributed by atoms with Crippen molar-refractivity contribution in [2.75, 3.05) is 0 Å². The third kappa shape index (κ3) is 1.91. The van der Waals surface area contributed by atoms with Gasteiger partial charge in [-0.3, -0.25) is 0 Å². The maximum atomic E-state index is 5.87. The summed E-state index contributed by atoms with van der Waals surface area (Å²) in [6, 6.07) is 0. The van der Waals surface area contributed by atoms with E-state index in [2.05, 4.69) is 4.98 Å². The van der Waals surface area contributed by atoms with Crippen LogP contribution in [0.15, 0.2) is 6.33 Å². The van der Waals surface area contributed by atoms with E-state index in [1.807, 2.05) is 0 Å². The Balaban J connectivity index is 2.07. The monoisotopic (exact) mass is 258 g/mol. The second kappa shape index (κ2) is 3.20. The lowest BCUT2D eigenvalue weighted by Crippen LogP contribution is -2.02. The van der Waals surface area contributed by atoms with Gasteiger partial charge in [0.25, 0.3) is 0 Å². The van der Waals surface area contributed by atoms with Gasteiger partial charge in [0.2, 0.25) is 0 Å². The van der Waals surface area contributed by atoms with Crippen LogP contribution >= 0.6 is 46.4 Å². The SMILES string of the molecule is Clc1ncn(CC2CC2(Cl)Cl)c1Cl. The van der Waals surface area contributed by atoms with Crippen LogP contribution in [0, 0.1) is 5.92 Å². The van der Waals surface area contributed by atoms with E-state index in [1.54, 1.807) is 10.9 Å². The number of hydrogen-bond donors (Lipinski definition) is 0. The first-order chi connectivity index (χ1) is 6.00. The fourth-order valence-corrected chi connectivity index (χ4v) is 2.00. The molecule has 1 aromatic rings. The summed E-state index contributed by atoms with van der Waals surface area (Å²) in [6.45, 7) is 0.672. The van der Waals surface area contributed by atoms with Gasteiger partial charge >= 0.3 is 0 Å². The van der Waals surface area contributed by atoms with Crippen LogP contribution in [0.5, 0.6) is 0 Å². The molecule has 2 rings (SSSR count). The van der Waals surface area contributed by atoms with Crippen molar-refractivity contribution < 1.29 is 0 Å². The Bertz CT molecular complexity index is 333. The number of rotatable bonds is 2. The molecule has 0 N–H and O–H groups in total. The summed E-state index contributed by atoms with van der Waals surface area (Å²) in [5.41, 5.74) is 0. The van der Waals surface area contributed by atoms with Crippen molar-refractivity contribution in [1.29, 1.82) is 0 Å². The highest BCUT2D eigenvalue weighted by molar-refractivity contribution is 6.50. The molecule has 1 aliphatic rings. The van der Waals surface area contributed by atoms with Crippen LogP contribution in [0.25, 0.3) is 0 Å². The largest absolute Gasteiger partial charge is 0.320 e. The highest BCUT2D eigenvalue weighted by Crippen LogP contribution is 2.54. The van der Waals surface area contributed by atoms with Gasteiger partial charge in [0.1, 0.15) is 9.49 Å². The number of alkyl halides is 2. The molecule has 0 amide bonds. The predicted molar refractivity (Wildman–Crippen MR) is 54.8 cm³/mol. The Morgan fingerprint density at radius 3 is 2.54 bits per heavy atom. The first-order valence-corrected chi connectivity index (χ1v) is 5.26. The van der Waals surface area contributed by atoms with Crippen LogP contribution in [0.3, 0.4) is 0 Å². The smallest absolute Gasteiger partial charge is 0.166 e. The first kappa shape index (κ1) is 9.91. The van der Waals surface area contributed by atoms with E-state index >= 15 is 0 Å². The van der Waals surface area contributed by atoms with E-state index in [1.165, 1.54) is 0 Å². The summed E-state index contributed by atoms with van der Waals surface area (Å²) in [5.74, 6) is 0.249. The number of nitrogens with zero attached hydrogens (tertiary/aromatic N) is 2. The van der Waals surface area contributed by atoms with Crippen LogP contribution in [0.1, 0.15) is 6.42 Å². The van der Waals surface area contributed by atoms with Crippen LogP contribution in [-0.4, -0.2) is 13.9 Å². The molecule has 1 fully saturated rings. The minimum atomic E-state index is -0.583. The lowest BCUT2D eigenvalue weighted by molar-refractivity contribution is 0.622. The summed E-state index contributed by atoms with van der Waals surface area (Å²) < 4.78 is 1.17. The maximum Gasteiger partial charge on any atom is 0.166 e. The van der Waals surface area contributed by atoms with Crippen molar-refractivity contribution in [1.82, 2.24) is 9.55 Å². The van der Waals surface area contributed by atoms with Crippen LogP contribution < -0.4 is 0 Å². The highest BCUT2D eigenvalue weighted by Gasteiger charge is 2.51. The van der Waals surface area contributed by atoms with Crippen LogP contribution in [-0.2, 0) is 6.54 Å². The molecule has 0 spiro atoms. The lowest BCUT2D eigenvalue weighted by Gasteiger charge is -2.02. The molecule has 72 valence electrons. The van der Waals surface area contributed by atoms with E-state index in [-0.39, 0.29) is 5.92 Å². The summed E-state index contributed by atoms with van der Waals surface area (Å²) in [5, 5.41) is 0.759. The Morgan fingerprint density at radius 2 is 2.15 bits per heavy atom. The van der Waals surface area contributed by atoms with Gasteiger partial charge in [-0.15, -0.1) is 23.2 Å². The molecule has 2 nitrogen and oxygen atoms in total. The summed E-state index contributed by atoms with van der Waals surface area (Å²) in [6.07, 6.45) is 2.38. The Morgan fingerprint density at radius 1 is 1.54 bits per heavy atom. The van der Waals surface area contributed by atoms with Crippen molar-refractivity contribution in [3.8, 4) is 0 Å². The molecular formula is C7H6Cl4N2. The van der Waals surface area contributed by atoms with Gasteiger partial charge < -0.3 is 4.57 Å². The number of aromatic nitrogens is 2. The minimum Gasteiger partial charge on any atom is -0.320 e. The van der Waals surface area contributed by atoms with E-state index in [0.717, 1.165) is 6.42 Å². The minimum absolute atomic E-state index is 0.249.